The van der Waals surface area contributed by atoms with Gasteiger partial charge in [0.2, 0.25) is 0 Å². The van der Waals surface area contributed by atoms with E-state index >= 15 is 0 Å². The predicted molar refractivity (Wildman–Crippen MR) is 132 cm³/mol. The van der Waals surface area contributed by atoms with E-state index in [1.54, 1.807) is 0 Å². The highest BCUT2D eigenvalue weighted by molar-refractivity contribution is 4.98. The Morgan fingerprint density at radius 1 is 0.409 bits per heavy atom. The largest absolute Gasteiger partial charge is 0.394 e. The van der Waals surface area contributed by atoms with Crippen LogP contribution in [0, 0.1) is 0 Å². The van der Waals surface area contributed by atoms with Gasteiger partial charge in [-0.1, -0.05) is 0 Å². The van der Waals surface area contributed by atoms with E-state index in [0.29, 0.717) is 0 Å². The molecule has 0 aliphatic carbocycles. The van der Waals surface area contributed by atoms with E-state index in [9.17, 15) is 66.4 Å². The first-order valence-electron chi connectivity index (χ1n) is 14.0. The standard InChI is InChI=1S/C24H42O20/c1-5-9(28)13(32)15(34)22(38-5)44-20-19(43-23-16(35)14(33)10(29)6(2-25)40-23)12(31)8(4-27)41-24(20)42-18-11(30)7(3-26)39-21(37)17(18)36/h5-37H,2-4H2,1H3/t5-,6+,7+,8+,9+,10-,11-,12-,13+,14-,15-,16+,17+,18-,19-,20+,21?,22-,23+,24-/m0/s1. The molecule has 0 aromatic heterocycles. The first kappa shape index (κ1) is 36.0. The molecule has 4 fully saturated rings. The Labute approximate surface area is 249 Å². The quantitative estimate of drug-likeness (QED) is 0.110. The van der Waals surface area contributed by atoms with Gasteiger partial charge in [0.1, 0.15) is 91.6 Å². The van der Waals surface area contributed by atoms with Crippen molar-refractivity contribution in [2.45, 2.75) is 130 Å². The van der Waals surface area contributed by atoms with Crippen LogP contribution in [0.4, 0.5) is 0 Å². The van der Waals surface area contributed by atoms with Crippen LogP contribution < -0.4 is 0 Å². The summed E-state index contributed by atoms with van der Waals surface area (Å²) in [4.78, 5) is 0. The Balaban J connectivity index is 1.69. The van der Waals surface area contributed by atoms with E-state index in [1.807, 2.05) is 0 Å². The molecule has 20 atom stereocenters. The number of hydrogen-bond acceptors (Lipinski definition) is 20. The first-order valence-corrected chi connectivity index (χ1v) is 14.0. The minimum absolute atomic E-state index is 0.822. The maximum Gasteiger partial charge on any atom is 0.187 e. The van der Waals surface area contributed by atoms with Gasteiger partial charge in [0.05, 0.1) is 25.9 Å². The normalized spacial score (nSPS) is 53.9. The van der Waals surface area contributed by atoms with Gasteiger partial charge in [0.15, 0.2) is 25.2 Å². The van der Waals surface area contributed by atoms with Crippen LogP contribution in [0.5, 0.6) is 0 Å². The zero-order valence-corrected chi connectivity index (χ0v) is 23.3. The van der Waals surface area contributed by atoms with Gasteiger partial charge in [0.25, 0.3) is 0 Å². The minimum atomic E-state index is -1.98. The van der Waals surface area contributed by atoms with Crippen LogP contribution >= 0.6 is 0 Å². The lowest BCUT2D eigenvalue weighted by Crippen LogP contribution is -2.68. The van der Waals surface area contributed by atoms with Crippen molar-refractivity contribution in [3.8, 4) is 0 Å². The second-order valence-corrected chi connectivity index (χ2v) is 11.1. The number of aliphatic hydroxyl groups is 13. The van der Waals surface area contributed by atoms with Crippen molar-refractivity contribution < 1.29 is 99.5 Å². The molecule has 4 saturated heterocycles. The van der Waals surface area contributed by atoms with Gasteiger partial charge in [-0.15, -0.1) is 0 Å². The van der Waals surface area contributed by atoms with Crippen molar-refractivity contribution in [2.24, 2.45) is 0 Å². The molecule has 0 amide bonds. The third-order valence-electron chi connectivity index (χ3n) is 8.17. The summed E-state index contributed by atoms with van der Waals surface area (Å²) in [6.07, 6.45) is -35.3. The van der Waals surface area contributed by atoms with Crippen molar-refractivity contribution in [2.75, 3.05) is 19.8 Å². The molecule has 0 saturated carbocycles. The summed E-state index contributed by atoms with van der Waals surface area (Å²) in [6.45, 7) is -1.23. The fraction of sp³-hybridized carbons (Fsp3) is 1.00. The predicted octanol–water partition coefficient (Wildman–Crippen LogP) is -8.72. The van der Waals surface area contributed by atoms with Crippen LogP contribution in [0.1, 0.15) is 6.92 Å². The lowest BCUT2D eigenvalue weighted by Gasteiger charge is -2.50. The fourth-order valence-electron chi connectivity index (χ4n) is 5.45. The van der Waals surface area contributed by atoms with Crippen LogP contribution in [0.2, 0.25) is 0 Å². The summed E-state index contributed by atoms with van der Waals surface area (Å²) in [5.41, 5.74) is 0. The van der Waals surface area contributed by atoms with Crippen molar-refractivity contribution in [1.29, 1.82) is 0 Å². The lowest BCUT2D eigenvalue weighted by atomic mass is 9.95. The SMILES string of the molecule is C[C@@H]1O[C@@H](O[C@H]2[C@H](O[C@H]3[C@@H](O)[C@@H](CO)OC(O)[C@@H]3O)O[C@H](CO)[C@H](O)[C@@H]2O[C@H]2O[C@H](CO)[C@H](O)[C@H](O)[C@H]2O)[C@@H](O)[C@H](O)[C@@H]1O. The summed E-state index contributed by atoms with van der Waals surface area (Å²) in [6, 6.07) is 0. The molecule has 0 aromatic carbocycles. The molecule has 0 radical (unpaired) electrons. The molecule has 258 valence electrons. The average molecular weight is 651 g/mol. The summed E-state index contributed by atoms with van der Waals surface area (Å²) in [7, 11) is 0. The summed E-state index contributed by atoms with van der Waals surface area (Å²) < 4.78 is 38.7. The molecule has 4 aliphatic heterocycles. The van der Waals surface area contributed by atoms with Crippen molar-refractivity contribution >= 4 is 0 Å². The van der Waals surface area contributed by atoms with Gasteiger partial charge >= 0.3 is 0 Å². The lowest BCUT2D eigenvalue weighted by molar-refractivity contribution is -0.404. The smallest absolute Gasteiger partial charge is 0.187 e. The molecule has 0 bridgehead atoms. The molecule has 4 heterocycles. The molecule has 20 heteroatoms. The van der Waals surface area contributed by atoms with Gasteiger partial charge in [-0.2, -0.15) is 0 Å². The van der Waals surface area contributed by atoms with Crippen molar-refractivity contribution in [3.63, 3.8) is 0 Å². The Morgan fingerprint density at radius 3 is 1.43 bits per heavy atom. The van der Waals surface area contributed by atoms with Gasteiger partial charge in [-0.05, 0) is 6.92 Å². The van der Waals surface area contributed by atoms with Gasteiger partial charge in [-0.25, -0.2) is 0 Å². The molecule has 20 nitrogen and oxygen atoms in total. The Kier molecular flexibility index (Phi) is 12.3. The monoisotopic (exact) mass is 650 g/mol. The first-order chi connectivity index (χ1) is 20.7. The van der Waals surface area contributed by atoms with Gasteiger partial charge in [0, 0.05) is 0 Å². The van der Waals surface area contributed by atoms with E-state index in [-0.39, 0.29) is 0 Å². The van der Waals surface area contributed by atoms with E-state index in [4.69, 9.17) is 33.2 Å². The zero-order chi connectivity index (χ0) is 32.6. The van der Waals surface area contributed by atoms with Crippen LogP contribution in [-0.4, -0.2) is 209 Å². The highest BCUT2D eigenvalue weighted by Gasteiger charge is 2.56. The second-order valence-electron chi connectivity index (χ2n) is 11.1. The molecule has 13 N–H and O–H groups in total. The maximum atomic E-state index is 11.1. The highest BCUT2D eigenvalue weighted by atomic mass is 16.8. The zero-order valence-electron chi connectivity index (χ0n) is 23.3. The number of hydrogen-bond donors (Lipinski definition) is 13. The molecule has 0 spiro atoms. The van der Waals surface area contributed by atoms with Crippen LogP contribution in [-0.2, 0) is 33.2 Å². The number of aliphatic hydroxyl groups excluding tert-OH is 13. The third kappa shape index (κ3) is 7.05. The van der Waals surface area contributed by atoms with Crippen molar-refractivity contribution in [1.82, 2.24) is 0 Å². The third-order valence-corrected chi connectivity index (χ3v) is 8.17. The highest BCUT2D eigenvalue weighted by Crippen LogP contribution is 2.35. The van der Waals surface area contributed by atoms with Crippen LogP contribution in [0.25, 0.3) is 0 Å². The molecule has 0 aromatic rings. The molecular formula is C24H42O20. The molecular weight excluding hydrogens is 608 g/mol. The number of rotatable bonds is 9. The van der Waals surface area contributed by atoms with Gasteiger partial charge < -0.3 is 99.5 Å². The van der Waals surface area contributed by atoms with Gasteiger partial charge in [-0.3, -0.25) is 0 Å². The fourth-order valence-corrected chi connectivity index (χ4v) is 5.45. The molecule has 4 rings (SSSR count). The Morgan fingerprint density at radius 2 is 0.841 bits per heavy atom. The summed E-state index contributed by atoms with van der Waals surface area (Å²) in [5, 5.41) is 133. The molecule has 44 heavy (non-hydrogen) atoms. The van der Waals surface area contributed by atoms with Crippen LogP contribution in [0.3, 0.4) is 0 Å². The van der Waals surface area contributed by atoms with E-state index in [0.717, 1.165) is 0 Å². The topological polar surface area (TPSA) is 328 Å². The molecule has 4 aliphatic rings. The second kappa shape index (κ2) is 15.0. The summed E-state index contributed by atoms with van der Waals surface area (Å²) >= 11 is 0. The maximum absolute atomic E-state index is 11.1. The Bertz CT molecular complexity index is 900. The van der Waals surface area contributed by atoms with Crippen LogP contribution in [0.15, 0.2) is 0 Å². The van der Waals surface area contributed by atoms with Crippen molar-refractivity contribution in [3.05, 3.63) is 0 Å². The number of ether oxygens (including phenoxy) is 7. The molecule has 1 unspecified atom stereocenters. The van der Waals surface area contributed by atoms with E-state index in [1.165, 1.54) is 6.92 Å². The Hall–Kier alpha value is -0.800. The van der Waals surface area contributed by atoms with E-state index in [2.05, 4.69) is 0 Å². The average Bonchev–Trinajstić information content (AvgIpc) is 3.01. The van der Waals surface area contributed by atoms with E-state index < -0.39 is 143 Å². The summed E-state index contributed by atoms with van der Waals surface area (Å²) in [5.74, 6) is 0. The minimum Gasteiger partial charge on any atom is -0.394 e.